The standard InChI is InChI=1S/C30H23F2N3O4/c31-22-14-12-20(13-15-22)28(36)33-24-10-4-8-21(16-24)27-26(29(37)34-25-11-5-9-23(32)17-25)35(30(38)39-27)18-19-6-2-1-3-7-19/h1-17,26-27H,18H2,(H,33,36)(H,34,37)/t26-,27+/m1/s1. The van der Waals surface area contributed by atoms with Crippen LogP contribution in [0.5, 0.6) is 0 Å². The highest BCUT2D eigenvalue weighted by Gasteiger charge is 2.47. The molecule has 39 heavy (non-hydrogen) atoms. The summed E-state index contributed by atoms with van der Waals surface area (Å²) in [7, 11) is 0. The molecule has 1 saturated heterocycles. The Balaban J connectivity index is 1.43. The Hall–Kier alpha value is -5.05. The van der Waals surface area contributed by atoms with Crippen molar-refractivity contribution in [3.63, 3.8) is 0 Å². The summed E-state index contributed by atoms with van der Waals surface area (Å²) in [5.74, 6) is -2.00. The molecule has 2 atom stereocenters. The van der Waals surface area contributed by atoms with Crippen molar-refractivity contribution in [2.75, 3.05) is 10.6 Å². The van der Waals surface area contributed by atoms with Crippen molar-refractivity contribution in [2.45, 2.75) is 18.7 Å². The van der Waals surface area contributed by atoms with Gasteiger partial charge in [0.2, 0.25) is 0 Å². The first-order valence-corrected chi connectivity index (χ1v) is 12.1. The molecular formula is C30H23F2N3O4. The Bertz CT molecular complexity index is 1510. The van der Waals surface area contributed by atoms with Crippen LogP contribution in [0.15, 0.2) is 103 Å². The molecule has 0 spiro atoms. The van der Waals surface area contributed by atoms with E-state index >= 15 is 0 Å². The van der Waals surface area contributed by atoms with E-state index in [-0.39, 0.29) is 17.8 Å². The van der Waals surface area contributed by atoms with E-state index in [1.54, 1.807) is 30.3 Å². The monoisotopic (exact) mass is 527 g/mol. The molecule has 0 saturated carbocycles. The Morgan fingerprint density at radius 2 is 1.46 bits per heavy atom. The zero-order chi connectivity index (χ0) is 27.4. The summed E-state index contributed by atoms with van der Waals surface area (Å²) < 4.78 is 32.7. The van der Waals surface area contributed by atoms with Crippen LogP contribution in [0.2, 0.25) is 0 Å². The summed E-state index contributed by atoms with van der Waals surface area (Å²) >= 11 is 0. The number of ether oxygens (including phenoxy) is 1. The molecule has 7 nitrogen and oxygen atoms in total. The van der Waals surface area contributed by atoms with E-state index in [2.05, 4.69) is 10.6 Å². The Morgan fingerprint density at radius 3 is 2.18 bits per heavy atom. The highest BCUT2D eigenvalue weighted by atomic mass is 19.1. The molecule has 1 heterocycles. The molecular weight excluding hydrogens is 504 g/mol. The van der Waals surface area contributed by atoms with Crippen LogP contribution in [-0.4, -0.2) is 28.8 Å². The van der Waals surface area contributed by atoms with Crippen LogP contribution in [0.3, 0.4) is 0 Å². The summed E-state index contributed by atoms with van der Waals surface area (Å²) in [6.07, 6.45) is -1.71. The van der Waals surface area contributed by atoms with Gasteiger partial charge in [0, 0.05) is 16.9 Å². The number of cyclic esters (lactones) is 1. The van der Waals surface area contributed by atoms with Gasteiger partial charge >= 0.3 is 6.09 Å². The predicted octanol–water partition coefficient (Wildman–Crippen LogP) is 5.92. The van der Waals surface area contributed by atoms with Gasteiger partial charge in [-0.25, -0.2) is 13.6 Å². The molecule has 1 aliphatic rings. The fourth-order valence-electron chi connectivity index (χ4n) is 4.37. The fourth-order valence-corrected chi connectivity index (χ4v) is 4.37. The van der Waals surface area contributed by atoms with Crippen LogP contribution >= 0.6 is 0 Å². The number of amides is 3. The van der Waals surface area contributed by atoms with Crippen molar-refractivity contribution >= 4 is 29.3 Å². The SMILES string of the molecule is O=C(Nc1cccc([C@@H]2OC(=O)N(Cc3ccccc3)[C@H]2C(=O)Nc2cccc(F)c2)c1)c1ccc(F)cc1. The highest BCUT2D eigenvalue weighted by Crippen LogP contribution is 2.35. The minimum Gasteiger partial charge on any atom is -0.438 e. The van der Waals surface area contributed by atoms with Gasteiger partial charge in [0.05, 0.1) is 6.54 Å². The second-order valence-corrected chi connectivity index (χ2v) is 8.95. The number of benzene rings is 4. The Morgan fingerprint density at radius 1 is 0.769 bits per heavy atom. The van der Waals surface area contributed by atoms with Gasteiger partial charge in [0.15, 0.2) is 12.1 Å². The van der Waals surface area contributed by atoms with Crippen molar-refractivity contribution in [2.24, 2.45) is 0 Å². The molecule has 0 unspecified atom stereocenters. The maximum Gasteiger partial charge on any atom is 0.411 e. The molecule has 196 valence electrons. The number of rotatable bonds is 7. The normalized spacial score (nSPS) is 16.5. The molecule has 4 aromatic carbocycles. The van der Waals surface area contributed by atoms with Gasteiger partial charge < -0.3 is 15.4 Å². The number of nitrogens with zero attached hydrogens (tertiary/aromatic N) is 1. The predicted molar refractivity (Wildman–Crippen MR) is 141 cm³/mol. The van der Waals surface area contributed by atoms with Crippen molar-refractivity contribution in [3.05, 3.63) is 131 Å². The van der Waals surface area contributed by atoms with Gasteiger partial charge in [-0.1, -0.05) is 48.5 Å². The average Bonchev–Trinajstić information content (AvgIpc) is 3.25. The quantitative estimate of drug-likeness (QED) is 0.313. The van der Waals surface area contributed by atoms with Gasteiger partial charge in [-0.2, -0.15) is 0 Å². The molecule has 0 bridgehead atoms. The zero-order valence-electron chi connectivity index (χ0n) is 20.5. The lowest BCUT2D eigenvalue weighted by Gasteiger charge is -2.24. The maximum absolute atomic E-state index is 13.8. The van der Waals surface area contributed by atoms with Crippen LogP contribution in [0.1, 0.15) is 27.6 Å². The number of nitrogens with one attached hydrogen (secondary N) is 2. The third-order valence-electron chi connectivity index (χ3n) is 6.22. The number of hydrogen-bond donors (Lipinski definition) is 2. The fraction of sp³-hybridized carbons (Fsp3) is 0.100. The lowest BCUT2D eigenvalue weighted by Crippen LogP contribution is -2.43. The highest BCUT2D eigenvalue weighted by molar-refractivity contribution is 6.04. The van der Waals surface area contributed by atoms with Gasteiger partial charge in [-0.15, -0.1) is 0 Å². The molecule has 1 aliphatic heterocycles. The van der Waals surface area contributed by atoms with Crippen molar-refractivity contribution in [3.8, 4) is 0 Å². The van der Waals surface area contributed by atoms with Crippen molar-refractivity contribution < 1.29 is 27.9 Å². The Labute approximate surface area is 223 Å². The number of anilines is 2. The third kappa shape index (κ3) is 5.93. The molecule has 3 amide bonds. The third-order valence-corrected chi connectivity index (χ3v) is 6.22. The van der Waals surface area contributed by atoms with E-state index in [1.807, 2.05) is 30.3 Å². The summed E-state index contributed by atoms with van der Waals surface area (Å²) in [6.45, 7) is 0.110. The van der Waals surface area contributed by atoms with E-state index in [4.69, 9.17) is 4.74 Å². The molecule has 2 N–H and O–H groups in total. The zero-order valence-corrected chi connectivity index (χ0v) is 20.5. The molecule has 5 rings (SSSR count). The van der Waals surface area contributed by atoms with Crippen LogP contribution in [0.4, 0.5) is 25.0 Å². The van der Waals surface area contributed by atoms with Crippen LogP contribution in [0, 0.1) is 11.6 Å². The smallest absolute Gasteiger partial charge is 0.411 e. The number of halogens is 2. The summed E-state index contributed by atoms with van der Waals surface area (Å²) in [4.78, 5) is 40.5. The van der Waals surface area contributed by atoms with Crippen LogP contribution in [-0.2, 0) is 16.1 Å². The topological polar surface area (TPSA) is 87.7 Å². The number of carbonyl (C=O) groups is 3. The lowest BCUT2D eigenvalue weighted by molar-refractivity contribution is -0.121. The summed E-state index contributed by atoms with van der Waals surface area (Å²) in [5, 5.41) is 5.42. The van der Waals surface area contributed by atoms with E-state index in [0.29, 0.717) is 11.3 Å². The second kappa shape index (κ2) is 11.1. The second-order valence-electron chi connectivity index (χ2n) is 8.95. The molecule has 4 aromatic rings. The molecule has 0 aliphatic carbocycles. The van der Waals surface area contributed by atoms with Gasteiger partial charge in [-0.05, 0) is 65.7 Å². The summed E-state index contributed by atoms with van der Waals surface area (Å²) in [5.41, 5.74) is 2.14. The minimum absolute atomic E-state index is 0.110. The van der Waals surface area contributed by atoms with Gasteiger partial charge in [-0.3, -0.25) is 14.5 Å². The van der Waals surface area contributed by atoms with E-state index in [0.717, 1.165) is 5.56 Å². The number of carbonyl (C=O) groups excluding carboxylic acids is 3. The lowest BCUT2D eigenvalue weighted by atomic mass is 10.00. The van der Waals surface area contributed by atoms with Crippen LogP contribution in [0.25, 0.3) is 0 Å². The van der Waals surface area contributed by atoms with E-state index in [1.165, 1.54) is 47.4 Å². The van der Waals surface area contributed by atoms with E-state index in [9.17, 15) is 23.2 Å². The Kier molecular flexibility index (Phi) is 7.31. The van der Waals surface area contributed by atoms with Crippen molar-refractivity contribution in [1.29, 1.82) is 0 Å². The first-order chi connectivity index (χ1) is 18.9. The van der Waals surface area contributed by atoms with Crippen molar-refractivity contribution in [1.82, 2.24) is 4.90 Å². The van der Waals surface area contributed by atoms with E-state index < -0.39 is 41.7 Å². The largest absolute Gasteiger partial charge is 0.438 e. The molecule has 0 aromatic heterocycles. The molecule has 9 heteroatoms. The molecule has 1 fully saturated rings. The first-order valence-electron chi connectivity index (χ1n) is 12.1. The maximum atomic E-state index is 13.8. The summed E-state index contributed by atoms with van der Waals surface area (Å²) in [6, 6.07) is 25.2. The minimum atomic E-state index is -1.09. The average molecular weight is 528 g/mol. The first kappa shape index (κ1) is 25.6. The van der Waals surface area contributed by atoms with Gasteiger partial charge in [0.25, 0.3) is 11.8 Å². The molecule has 0 radical (unpaired) electrons. The number of hydrogen-bond acceptors (Lipinski definition) is 4. The van der Waals surface area contributed by atoms with Gasteiger partial charge in [0.1, 0.15) is 11.6 Å². The van der Waals surface area contributed by atoms with Crippen LogP contribution < -0.4 is 10.6 Å².